The van der Waals surface area contributed by atoms with E-state index in [1.54, 1.807) is 0 Å². The zero-order valence-electron chi connectivity index (χ0n) is 9.81. The molecule has 9 heteroatoms. The lowest BCUT2D eigenvalue weighted by Crippen LogP contribution is -2.43. The molecule has 2 rings (SSSR count). The molecule has 2 aliphatic heterocycles. The molecule has 0 spiro atoms. The molecule has 0 aromatic carbocycles. The number of aliphatic carboxylic acids is 1. The molecule has 4 N–H and O–H groups in total. The van der Waals surface area contributed by atoms with Crippen molar-refractivity contribution in [3.05, 3.63) is 0 Å². The van der Waals surface area contributed by atoms with Crippen LogP contribution in [0.5, 0.6) is 0 Å². The average molecular weight is 278 g/mol. The van der Waals surface area contributed by atoms with Crippen molar-refractivity contribution in [1.29, 1.82) is 0 Å². The predicted octanol–water partition coefficient (Wildman–Crippen LogP) is -1.74. The van der Waals surface area contributed by atoms with Gasteiger partial charge in [-0.1, -0.05) is 0 Å². The Hall–Kier alpha value is -1.26. The maximum absolute atomic E-state index is 11.6. The summed E-state index contributed by atoms with van der Waals surface area (Å²) < 4.78 is 14.0. The van der Waals surface area contributed by atoms with E-state index in [1.165, 1.54) is 0 Å². The quantitative estimate of drug-likeness (QED) is 0.442. The Balaban J connectivity index is 1.93. The molecule has 0 aliphatic carbocycles. The fraction of sp³-hybridized carbons (Fsp3) is 0.800. The number of carbonyl (C=O) groups excluding carboxylic acids is 1. The molecule has 108 valence electrons. The van der Waals surface area contributed by atoms with Gasteiger partial charge in [-0.05, 0) is 0 Å². The van der Waals surface area contributed by atoms with E-state index in [4.69, 9.17) is 19.7 Å². The second-order valence-electron chi connectivity index (χ2n) is 4.48. The Labute approximate surface area is 107 Å². The third kappa shape index (κ3) is 2.69. The summed E-state index contributed by atoms with van der Waals surface area (Å²) in [7, 11) is 0. The van der Waals surface area contributed by atoms with E-state index < -0.39 is 36.1 Å². The molecular formula is C10H14O9. The van der Waals surface area contributed by atoms with Gasteiger partial charge in [0, 0.05) is 25.7 Å². The number of carboxylic acid groups (broad SMARTS) is 1. The number of hydrogen-bond donors (Lipinski definition) is 4. The lowest BCUT2D eigenvalue weighted by atomic mass is 10.2. The molecule has 2 aliphatic rings. The van der Waals surface area contributed by atoms with Crippen molar-refractivity contribution in [3.63, 3.8) is 0 Å². The van der Waals surface area contributed by atoms with E-state index >= 15 is 0 Å². The lowest BCUT2D eigenvalue weighted by Gasteiger charge is -2.23. The Morgan fingerprint density at radius 1 is 1.11 bits per heavy atom. The molecule has 0 radical (unpaired) electrons. The summed E-state index contributed by atoms with van der Waals surface area (Å²) in [4.78, 5) is 22.3. The molecule has 0 aromatic rings. The van der Waals surface area contributed by atoms with Gasteiger partial charge in [0.15, 0.2) is 6.29 Å². The van der Waals surface area contributed by atoms with Crippen LogP contribution in [0.2, 0.25) is 0 Å². The van der Waals surface area contributed by atoms with Gasteiger partial charge in [-0.2, -0.15) is 0 Å². The standard InChI is InChI=1S/C10H14O9/c11-5-1-3-10(16,18-5)8(14)17-6-2-4-9(15,19-6)7(12)13/h5-6,11,15-16H,1-4H2,(H,12,13). The van der Waals surface area contributed by atoms with Crippen LogP contribution in [0.1, 0.15) is 25.7 Å². The second-order valence-corrected chi connectivity index (χ2v) is 4.48. The van der Waals surface area contributed by atoms with Gasteiger partial charge in [0.1, 0.15) is 0 Å². The van der Waals surface area contributed by atoms with Gasteiger partial charge in [0.05, 0.1) is 0 Å². The first kappa shape index (κ1) is 14.2. The van der Waals surface area contributed by atoms with Gasteiger partial charge < -0.3 is 34.6 Å². The molecule has 0 amide bonds. The summed E-state index contributed by atoms with van der Waals surface area (Å²) in [6.45, 7) is 0. The minimum Gasteiger partial charge on any atom is -0.477 e. The summed E-state index contributed by atoms with van der Waals surface area (Å²) in [5.41, 5.74) is 0. The maximum Gasteiger partial charge on any atom is 0.369 e. The highest BCUT2D eigenvalue weighted by Crippen LogP contribution is 2.32. The molecule has 4 unspecified atom stereocenters. The highest BCUT2D eigenvalue weighted by Gasteiger charge is 2.51. The minimum atomic E-state index is -2.40. The smallest absolute Gasteiger partial charge is 0.369 e. The summed E-state index contributed by atoms with van der Waals surface area (Å²) in [5.74, 6) is -7.45. The van der Waals surface area contributed by atoms with E-state index in [2.05, 4.69) is 4.74 Å². The minimum absolute atomic E-state index is 0.0346. The van der Waals surface area contributed by atoms with E-state index in [9.17, 15) is 19.8 Å². The maximum atomic E-state index is 11.6. The molecule has 9 nitrogen and oxygen atoms in total. The highest BCUT2D eigenvalue weighted by atomic mass is 16.8. The van der Waals surface area contributed by atoms with Crippen LogP contribution in [0.4, 0.5) is 0 Å². The molecule has 2 saturated heterocycles. The monoisotopic (exact) mass is 278 g/mol. The zero-order valence-corrected chi connectivity index (χ0v) is 9.81. The van der Waals surface area contributed by atoms with Crippen LogP contribution in [0.3, 0.4) is 0 Å². The summed E-state index contributed by atoms with van der Waals surface area (Å²) in [6.07, 6.45) is -2.92. The first-order valence-electron chi connectivity index (χ1n) is 5.68. The molecule has 19 heavy (non-hydrogen) atoms. The molecule has 4 atom stereocenters. The molecule has 0 aromatic heterocycles. The molecule has 2 heterocycles. The highest BCUT2D eigenvalue weighted by molar-refractivity contribution is 5.78. The van der Waals surface area contributed by atoms with Crippen LogP contribution < -0.4 is 0 Å². The topological polar surface area (TPSA) is 143 Å². The van der Waals surface area contributed by atoms with Gasteiger partial charge in [-0.3, -0.25) is 0 Å². The van der Waals surface area contributed by atoms with E-state index in [0.717, 1.165) is 0 Å². The normalized spacial score (nSPS) is 42.3. The molecule has 2 fully saturated rings. The number of ether oxygens (including phenoxy) is 3. The first-order valence-corrected chi connectivity index (χ1v) is 5.68. The fourth-order valence-corrected chi connectivity index (χ4v) is 1.91. The Kier molecular flexibility index (Phi) is 3.49. The van der Waals surface area contributed by atoms with Crippen molar-refractivity contribution in [3.8, 4) is 0 Å². The first-order chi connectivity index (χ1) is 8.75. The van der Waals surface area contributed by atoms with Crippen LogP contribution in [-0.2, 0) is 23.8 Å². The Bertz CT molecular complexity index is 396. The van der Waals surface area contributed by atoms with Crippen LogP contribution in [-0.4, -0.2) is 56.5 Å². The molecule has 0 bridgehead atoms. The Morgan fingerprint density at radius 3 is 2.21 bits per heavy atom. The van der Waals surface area contributed by atoms with Crippen molar-refractivity contribution in [2.75, 3.05) is 0 Å². The van der Waals surface area contributed by atoms with Gasteiger partial charge in [-0.15, -0.1) is 0 Å². The predicted molar refractivity (Wildman–Crippen MR) is 54.1 cm³/mol. The van der Waals surface area contributed by atoms with Crippen LogP contribution in [0.15, 0.2) is 0 Å². The number of aliphatic hydroxyl groups is 3. The van der Waals surface area contributed by atoms with Gasteiger partial charge >= 0.3 is 11.9 Å². The molecule has 0 saturated carbocycles. The summed E-state index contributed by atoms with van der Waals surface area (Å²) in [5, 5.41) is 37.0. The zero-order chi connectivity index (χ0) is 14.3. The number of rotatable bonds is 3. The van der Waals surface area contributed by atoms with Crippen LogP contribution in [0.25, 0.3) is 0 Å². The number of carboxylic acids is 1. The largest absolute Gasteiger partial charge is 0.477 e. The number of carbonyl (C=O) groups is 2. The van der Waals surface area contributed by atoms with Gasteiger partial charge in [0.2, 0.25) is 6.29 Å². The van der Waals surface area contributed by atoms with Gasteiger partial charge in [-0.25, -0.2) is 9.59 Å². The summed E-state index contributed by atoms with van der Waals surface area (Å²) >= 11 is 0. The number of hydrogen-bond acceptors (Lipinski definition) is 8. The Morgan fingerprint density at radius 2 is 1.74 bits per heavy atom. The lowest BCUT2D eigenvalue weighted by molar-refractivity contribution is -0.276. The van der Waals surface area contributed by atoms with Crippen LogP contribution >= 0.6 is 0 Å². The van der Waals surface area contributed by atoms with Crippen molar-refractivity contribution in [2.45, 2.75) is 49.8 Å². The average Bonchev–Trinajstić information content (AvgIpc) is 2.85. The molecular weight excluding hydrogens is 264 g/mol. The van der Waals surface area contributed by atoms with Gasteiger partial charge in [0.25, 0.3) is 11.6 Å². The third-order valence-corrected chi connectivity index (χ3v) is 3.00. The third-order valence-electron chi connectivity index (χ3n) is 3.00. The van der Waals surface area contributed by atoms with Crippen molar-refractivity contribution >= 4 is 11.9 Å². The van der Waals surface area contributed by atoms with Crippen LogP contribution in [0, 0.1) is 0 Å². The fourth-order valence-electron chi connectivity index (χ4n) is 1.91. The summed E-state index contributed by atoms with van der Waals surface area (Å²) in [6, 6.07) is 0. The van der Waals surface area contributed by atoms with E-state index in [-0.39, 0.29) is 25.7 Å². The SMILES string of the molecule is O=C(O)C1(O)CCC(OC(=O)C2(O)CCC(O)O2)O1. The van der Waals surface area contributed by atoms with Crippen molar-refractivity contribution < 1.29 is 44.2 Å². The van der Waals surface area contributed by atoms with Crippen molar-refractivity contribution in [2.24, 2.45) is 0 Å². The van der Waals surface area contributed by atoms with E-state index in [1.807, 2.05) is 0 Å². The van der Waals surface area contributed by atoms with E-state index in [0.29, 0.717) is 0 Å². The second kappa shape index (κ2) is 4.69. The van der Waals surface area contributed by atoms with Crippen molar-refractivity contribution in [1.82, 2.24) is 0 Å². The number of aliphatic hydroxyl groups excluding tert-OH is 1. The number of esters is 1.